The summed E-state index contributed by atoms with van der Waals surface area (Å²) >= 11 is 1.40. The van der Waals surface area contributed by atoms with E-state index in [4.69, 9.17) is 0 Å². The molecule has 2 unspecified atom stereocenters. The molecule has 1 aromatic rings. The third kappa shape index (κ3) is 3.85. The Hall–Kier alpha value is -1.43. The van der Waals surface area contributed by atoms with Crippen LogP contribution in [0.4, 0.5) is 5.13 Å². The van der Waals surface area contributed by atoms with Gasteiger partial charge in [-0.05, 0) is 31.1 Å². The van der Waals surface area contributed by atoms with E-state index in [1.165, 1.54) is 17.8 Å². The summed E-state index contributed by atoms with van der Waals surface area (Å²) in [5.41, 5.74) is 0.756. The minimum Gasteiger partial charge on any atom is -0.342 e. The molecule has 0 bridgehead atoms. The highest BCUT2D eigenvalue weighted by Crippen LogP contribution is 2.30. The number of aromatic nitrogens is 1. The monoisotopic (exact) mass is 321 g/mol. The van der Waals surface area contributed by atoms with Gasteiger partial charge in [-0.3, -0.25) is 9.59 Å². The van der Waals surface area contributed by atoms with Gasteiger partial charge in [-0.2, -0.15) is 0 Å². The minimum atomic E-state index is 0.0610. The van der Waals surface area contributed by atoms with Crippen molar-refractivity contribution in [2.45, 2.75) is 39.5 Å². The summed E-state index contributed by atoms with van der Waals surface area (Å²) in [7, 11) is 0. The minimum absolute atomic E-state index is 0.0610. The van der Waals surface area contributed by atoms with Gasteiger partial charge in [0, 0.05) is 24.4 Å². The van der Waals surface area contributed by atoms with E-state index >= 15 is 0 Å². The van der Waals surface area contributed by atoms with Crippen LogP contribution in [-0.2, 0) is 16.0 Å². The Morgan fingerprint density at radius 2 is 2.00 bits per heavy atom. The molecular formula is C16H23N3O2S. The number of carbonyl (C=O) groups is 2. The van der Waals surface area contributed by atoms with Crippen molar-refractivity contribution in [1.29, 1.82) is 0 Å². The Morgan fingerprint density at radius 3 is 2.64 bits per heavy atom. The van der Waals surface area contributed by atoms with Gasteiger partial charge in [-0.15, -0.1) is 11.3 Å². The lowest BCUT2D eigenvalue weighted by Crippen LogP contribution is -2.43. The lowest BCUT2D eigenvalue weighted by Gasteiger charge is -2.35. The maximum atomic E-state index is 12.4. The molecule has 0 spiro atoms. The molecule has 0 radical (unpaired) electrons. The summed E-state index contributed by atoms with van der Waals surface area (Å²) in [4.78, 5) is 30.4. The van der Waals surface area contributed by atoms with Gasteiger partial charge in [0.05, 0.1) is 12.1 Å². The van der Waals surface area contributed by atoms with Crippen molar-refractivity contribution in [1.82, 2.24) is 9.88 Å². The van der Waals surface area contributed by atoms with Gasteiger partial charge in [-0.1, -0.05) is 13.8 Å². The van der Waals surface area contributed by atoms with Gasteiger partial charge < -0.3 is 10.2 Å². The van der Waals surface area contributed by atoms with Gasteiger partial charge in [0.2, 0.25) is 11.8 Å². The fraction of sp³-hybridized carbons (Fsp3) is 0.688. The highest BCUT2D eigenvalue weighted by molar-refractivity contribution is 7.13. The smallest absolute Gasteiger partial charge is 0.229 e. The fourth-order valence-electron chi connectivity index (χ4n) is 3.13. The first-order valence-corrected chi connectivity index (χ1v) is 8.92. The summed E-state index contributed by atoms with van der Waals surface area (Å²) < 4.78 is 0. The molecule has 2 atom stereocenters. The van der Waals surface area contributed by atoms with Crippen LogP contribution in [-0.4, -0.2) is 34.8 Å². The zero-order valence-electron chi connectivity index (χ0n) is 13.2. The second-order valence-corrected chi connectivity index (χ2v) is 7.69. The predicted molar refractivity (Wildman–Crippen MR) is 86.7 cm³/mol. The molecule has 2 heterocycles. The average molecular weight is 321 g/mol. The highest BCUT2D eigenvalue weighted by atomic mass is 32.1. The zero-order valence-corrected chi connectivity index (χ0v) is 14.0. The summed E-state index contributed by atoms with van der Waals surface area (Å²) in [6.07, 6.45) is 3.48. The lowest BCUT2D eigenvalue weighted by atomic mass is 9.92. The van der Waals surface area contributed by atoms with Crippen molar-refractivity contribution in [3.8, 4) is 0 Å². The molecule has 1 aliphatic carbocycles. The molecule has 1 aliphatic heterocycles. The average Bonchev–Trinajstić information content (AvgIpc) is 3.21. The predicted octanol–water partition coefficient (Wildman–Crippen LogP) is 2.54. The van der Waals surface area contributed by atoms with Crippen LogP contribution in [0.3, 0.4) is 0 Å². The number of amides is 2. The highest BCUT2D eigenvalue weighted by Gasteiger charge is 2.30. The van der Waals surface area contributed by atoms with E-state index in [2.05, 4.69) is 24.1 Å². The first-order valence-electron chi connectivity index (χ1n) is 8.04. The molecular weight excluding hydrogens is 298 g/mol. The lowest BCUT2D eigenvalue weighted by molar-refractivity contribution is -0.133. The van der Waals surface area contributed by atoms with Crippen LogP contribution < -0.4 is 5.32 Å². The van der Waals surface area contributed by atoms with E-state index in [0.29, 0.717) is 23.4 Å². The number of nitrogens with zero attached hydrogens (tertiary/aromatic N) is 2. The number of anilines is 1. The van der Waals surface area contributed by atoms with Crippen LogP contribution in [0, 0.1) is 17.8 Å². The summed E-state index contributed by atoms with van der Waals surface area (Å²) in [6.45, 7) is 6.09. The molecule has 3 rings (SSSR count). The van der Waals surface area contributed by atoms with Gasteiger partial charge in [-0.25, -0.2) is 4.98 Å². The van der Waals surface area contributed by atoms with E-state index in [0.717, 1.165) is 31.6 Å². The molecule has 22 heavy (non-hydrogen) atoms. The van der Waals surface area contributed by atoms with Crippen molar-refractivity contribution in [2.24, 2.45) is 17.8 Å². The fourth-order valence-corrected chi connectivity index (χ4v) is 3.85. The quantitative estimate of drug-likeness (QED) is 0.927. The van der Waals surface area contributed by atoms with E-state index in [-0.39, 0.29) is 17.7 Å². The van der Waals surface area contributed by atoms with Crippen LogP contribution in [0.5, 0.6) is 0 Å². The molecule has 6 heteroatoms. The van der Waals surface area contributed by atoms with E-state index in [9.17, 15) is 9.59 Å². The molecule has 1 N–H and O–H groups in total. The number of hydrogen-bond acceptors (Lipinski definition) is 4. The van der Waals surface area contributed by atoms with Crippen LogP contribution >= 0.6 is 11.3 Å². The van der Waals surface area contributed by atoms with Crippen molar-refractivity contribution < 1.29 is 9.59 Å². The molecule has 2 fully saturated rings. The Kier molecular flexibility index (Phi) is 4.47. The number of nitrogens with one attached hydrogen (secondary N) is 1. The zero-order chi connectivity index (χ0) is 15.7. The first-order chi connectivity index (χ1) is 10.5. The Balaban J connectivity index is 1.55. The number of hydrogen-bond donors (Lipinski definition) is 1. The van der Waals surface area contributed by atoms with Gasteiger partial charge in [0.1, 0.15) is 0 Å². The molecule has 1 saturated heterocycles. The third-order valence-corrected chi connectivity index (χ3v) is 5.09. The number of likely N-dealkylation sites (tertiary alicyclic amines) is 1. The standard InChI is InChI=1S/C16H23N3O2S/c1-10-5-11(2)8-19(7-10)14(20)6-13-9-22-16(17-13)18-15(21)12-3-4-12/h9-12H,3-8H2,1-2H3,(H,17,18,21). The number of rotatable bonds is 4. The van der Waals surface area contributed by atoms with Crippen molar-refractivity contribution in [3.05, 3.63) is 11.1 Å². The molecule has 0 aromatic carbocycles. The molecule has 120 valence electrons. The van der Waals surface area contributed by atoms with Crippen LogP contribution in [0.15, 0.2) is 5.38 Å². The normalized spacial score (nSPS) is 25.1. The summed E-state index contributed by atoms with van der Waals surface area (Å²) in [5, 5.41) is 5.32. The number of carbonyl (C=O) groups excluding carboxylic acids is 2. The second-order valence-electron chi connectivity index (χ2n) is 6.83. The van der Waals surface area contributed by atoms with Crippen molar-refractivity contribution in [2.75, 3.05) is 18.4 Å². The molecule has 1 saturated carbocycles. The first kappa shape index (κ1) is 15.5. The molecule has 1 aromatic heterocycles. The van der Waals surface area contributed by atoms with E-state index < -0.39 is 0 Å². The maximum Gasteiger partial charge on any atom is 0.229 e. The van der Waals surface area contributed by atoms with Crippen molar-refractivity contribution in [3.63, 3.8) is 0 Å². The Labute approximate surface area is 135 Å². The van der Waals surface area contributed by atoms with E-state index in [1.807, 2.05) is 10.3 Å². The van der Waals surface area contributed by atoms with Crippen molar-refractivity contribution >= 4 is 28.3 Å². The third-order valence-electron chi connectivity index (χ3n) is 4.28. The van der Waals surface area contributed by atoms with Gasteiger partial charge >= 0.3 is 0 Å². The van der Waals surface area contributed by atoms with Crippen LogP contribution in [0.25, 0.3) is 0 Å². The molecule has 5 nitrogen and oxygen atoms in total. The van der Waals surface area contributed by atoms with E-state index in [1.54, 1.807) is 0 Å². The Bertz CT molecular complexity index is 557. The number of piperidine rings is 1. The van der Waals surface area contributed by atoms with Gasteiger partial charge in [0.25, 0.3) is 0 Å². The van der Waals surface area contributed by atoms with Gasteiger partial charge in [0.15, 0.2) is 5.13 Å². The topological polar surface area (TPSA) is 62.3 Å². The molecule has 2 aliphatic rings. The Morgan fingerprint density at radius 1 is 1.32 bits per heavy atom. The largest absolute Gasteiger partial charge is 0.342 e. The summed E-state index contributed by atoms with van der Waals surface area (Å²) in [5.74, 6) is 1.51. The second kappa shape index (κ2) is 6.36. The number of thiazole rings is 1. The SMILES string of the molecule is CC1CC(C)CN(C(=O)Cc2csc(NC(=O)C3CC3)n2)C1. The molecule has 2 amide bonds. The van der Waals surface area contributed by atoms with Crippen LogP contribution in [0.1, 0.15) is 38.8 Å². The maximum absolute atomic E-state index is 12.4. The summed E-state index contributed by atoms with van der Waals surface area (Å²) in [6, 6.07) is 0. The van der Waals surface area contributed by atoms with Crippen LogP contribution in [0.2, 0.25) is 0 Å².